The highest BCUT2D eigenvalue weighted by Gasteiger charge is 2.29. The molecule has 1 atom stereocenters. The van der Waals surface area contributed by atoms with E-state index in [9.17, 15) is 9.59 Å². The number of methoxy groups -OCH3 is 1. The van der Waals surface area contributed by atoms with E-state index in [0.717, 1.165) is 0 Å². The number of halogens is 1. The standard InChI is InChI=1S/C14H18ClNO4/c1-14(9-20-2,8-13(18)19)16-12(17)7-10-5-3-4-6-11(10)15/h3-6H,7-9H2,1-2H3,(H,16,17)(H,18,19). The van der Waals surface area contributed by atoms with E-state index in [-0.39, 0.29) is 25.4 Å². The van der Waals surface area contributed by atoms with Crippen molar-refractivity contribution in [3.05, 3.63) is 34.9 Å². The highest BCUT2D eigenvalue weighted by atomic mass is 35.5. The Kier molecular flexibility index (Phi) is 5.98. The minimum atomic E-state index is -0.998. The monoisotopic (exact) mass is 299 g/mol. The Hall–Kier alpha value is -1.59. The molecule has 0 saturated heterocycles. The third-order valence-electron chi connectivity index (χ3n) is 2.75. The predicted octanol–water partition coefficient (Wildman–Crippen LogP) is 1.88. The maximum atomic E-state index is 12.0. The van der Waals surface area contributed by atoms with Crippen LogP contribution < -0.4 is 5.32 Å². The van der Waals surface area contributed by atoms with Gasteiger partial charge in [-0.25, -0.2) is 0 Å². The van der Waals surface area contributed by atoms with Gasteiger partial charge in [-0.1, -0.05) is 29.8 Å². The molecule has 0 saturated carbocycles. The van der Waals surface area contributed by atoms with Crippen molar-refractivity contribution in [2.24, 2.45) is 0 Å². The van der Waals surface area contributed by atoms with Crippen LogP contribution in [0.1, 0.15) is 18.9 Å². The van der Waals surface area contributed by atoms with Crippen molar-refractivity contribution in [3.8, 4) is 0 Å². The molecule has 1 amide bonds. The molecule has 110 valence electrons. The average Bonchev–Trinajstić information content (AvgIpc) is 2.30. The number of carboxylic acids is 1. The van der Waals surface area contributed by atoms with Gasteiger partial charge in [0.25, 0.3) is 0 Å². The zero-order valence-corrected chi connectivity index (χ0v) is 12.2. The molecule has 0 bridgehead atoms. The van der Waals surface area contributed by atoms with Crippen LogP contribution in [0.5, 0.6) is 0 Å². The number of carbonyl (C=O) groups excluding carboxylic acids is 1. The van der Waals surface area contributed by atoms with Crippen LogP contribution in [0.3, 0.4) is 0 Å². The first-order chi connectivity index (χ1) is 9.36. The molecular weight excluding hydrogens is 282 g/mol. The molecule has 20 heavy (non-hydrogen) atoms. The average molecular weight is 300 g/mol. The number of ether oxygens (including phenoxy) is 1. The summed E-state index contributed by atoms with van der Waals surface area (Å²) in [4.78, 5) is 22.9. The number of carboxylic acid groups (broad SMARTS) is 1. The van der Waals surface area contributed by atoms with E-state index in [0.29, 0.717) is 10.6 Å². The number of rotatable bonds is 7. The number of amides is 1. The SMILES string of the molecule is COCC(C)(CC(=O)O)NC(=O)Cc1ccccc1Cl. The van der Waals surface area contributed by atoms with Crippen LogP contribution >= 0.6 is 11.6 Å². The van der Waals surface area contributed by atoms with Crippen molar-refractivity contribution in [3.63, 3.8) is 0 Å². The summed E-state index contributed by atoms with van der Waals surface area (Å²) in [6.45, 7) is 1.75. The topological polar surface area (TPSA) is 75.6 Å². The van der Waals surface area contributed by atoms with Gasteiger partial charge in [0, 0.05) is 12.1 Å². The van der Waals surface area contributed by atoms with E-state index in [1.54, 1.807) is 31.2 Å². The Labute approximate surface area is 122 Å². The number of nitrogens with one attached hydrogen (secondary N) is 1. The Morgan fingerprint density at radius 2 is 2.05 bits per heavy atom. The van der Waals surface area contributed by atoms with Gasteiger partial charge in [-0.3, -0.25) is 9.59 Å². The van der Waals surface area contributed by atoms with E-state index in [1.807, 2.05) is 0 Å². The van der Waals surface area contributed by atoms with E-state index in [1.165, 1.54) is 7.11 Å². The fourth-order valence-electron chi connectivity index (χ4n) is 1.98. The molecule has 1 aromatic carbocycles. The number of carbonyl (C=O) groups is 2. The largest absolute Gasteiger partial charge is 0.481 e. The minimum absolute atomic E-state index is 0.0958. The van der Waals surface area contributed by atoms with Gasteiger partial charge >= 0.3 is 5.97 Å². The van der Waals surface area contributed by atoms with Crippen LogP contribution in [0.25, 0.3) is 0 Å². The van der Waals surface area contributed by atoms with Gasteiger partial charge in [0.2, 0.25) is 5.91 Å². The lowest BCUT2D eigenvalue weighted by molar-refractivity contribution is -0.139. The molecule has 0 fully saturated rings. The molecule has 0 aliphatic carbocycles. The molecule has 1 aromatic rings. The predicted molar refractivity (Wildman–Crippen MR) is 75.8 cm³/mol. The molecule has 1 unspecified atom stereocenters. The molecule has 1 rings (SSSR count). The Morgan fingerprint density at radius 1 is 1.40 bits per heavy atom. The quantitative estimate of drug-likeness (QED) is 0.806. The fraction of sp³-hybridized carbons (Fsp3) is 0.429. The summed E-state index contributed by atoms with van der Waals surface area (Å²) < 4.78 is 4.98. The minimum Gasteiger partial charge on any atom is -0.481 e. The van der Waals surface area contributed by atoms with Crippen molar-refractivity contribution in [1.29, 1.82) is 0 Å². The normalized spacial score (nSPS) is 13.6. The number of aliphatic carboxylic acids is 1. The lowest BCUT2D eigenvalue weighted by Crippen LogP contribution is -2.51. The van der Waals surface area contributed by atoms with Gasteiger partial charge in [-0.05, 0) is 18.6 Å². The molecule has 0 aliphatic heterocycles. The summed E-state index contributed by atoms with van der Waals surface area (Å²) in [5.74, 6) is -1.29. The van der Waals surface area contributed by atoms with E-state index in [4.69, 9.17) is 21.4 Å². The first kappa shape index (κ1) is 16.5. The lowest BCUT2D eigenvalue weighted by Gasteiger charge is -2.28. The van der Waals surface area contributed by atoms with Crippen molar-refractivity contribution in [2.75, 3.05) is 13.7 Å². The van der Waals surface area contributed by atoms with E-state index >= 15 is 0 Å². The van der Waals surface area contributed by atoms with Gasteiger partial charge in [-0.15, -0.1) is 0 Å². The fourth-order valence-corrected chi connectivity index (χ4v) is 2.18. The molecule has 0 heterocycles. The van der Waals surface area contributed by atoms with Crippen LogP contribution in [-0.2, 0) is 20.7 Å². The van der Waals surface area contributed by atoms with Gasteiger partial charge in [0.1, 0.15) is 0 Å². The van der Waals surface area contributed by atoms with E-state index < -0.39 is 11.5 Å². The van der Waals surface area contributed by atoms with Crippen LogP contribution in [0.2, 0.25) is 5.02 Å². The summed E-state index contributed by atoms with van der Waals surface area (Å²) in [6.07, 6.45) is -0.117. The summed E-state index contributed by atoms with van der Waals surface area (Å²) in [7, 11) is 1.46. The second kappa shape index (κ2) is 7.26. The molecule has 0 aromatic heterocycles. The molecule has 0 radical (unpaired) electrons. The van der Waals surface area contributed by atoms with Gasteiger partial charge in [0.15, 0.2) is 0 Å². The van der Waals surface area contributed by atoms with Crippen LogP contribution in [-0.4, -0.2) is 36.2 Å². The molecule has 2 N–H and O–H groups in total. The third-order valence-corrected chi connectivity index (χ3v) is 3.12. The highest BCUT2D eigenvalue weighted by molar-refractivity contribution is 6.31. The van der Waals surface area contributed by atoms with Crippen molar-refractivity contribution >= 4 is 23.5 Å². The molecule has 6 heteroatoms. The first-order valence-corrected chi connectivity index (χ1v) is 6.49. The second-order valence-corrected chi connectivity index (χ2v) is 5.29. The summed E-state index contributed by atoms with van der Waals surface area (Å²) in [5.41, 5.74) is -0.249. The first-order valence-electron chi connectivity index (χ1n) is 6.11. The Morgan fingerprint density at radius 3 is 2.60 bits per heavy atom. The zero-order valence-electron chi connectivity index (χ0n) is 11.5. The van der Waals surface area contributed by atoms with Crippen molar-refractivity contribution in [2.45, 2.75) is 25.3 Å². The molecule has 5 nitrogen and oxygen atoms in total. The van der Waals surface area contributed by atoms with Gasteiger partial charge < -0.3 is 15.2 Å². The number of hydrogen-bond acceptors (Lipinski definition) is 3. The summed E-state index contributed by atoms with van der Waals surface area (Å²) in [5, 5.41) is 12.1. The van der Waals surface area contributed by atoms with Gasteiger partial charge in [0.05, 0.1) is 25.0 Å². The Bertz CT molecular complexity index is 492. The summed E-state index contributed by atoms with van der Waals surface area (Å²) >= 11 is 5.99. The number of benzene rings is 1. The van der Waals surface area contributed by atoms with E-state index in [2.05, 4.69) is 5.32 Å². The van der Waals surface area contributed by atoms with Crippen molar-refractivity contribution < 1.29 is 19.4 Å². The zero-order chi connectivity index (χ0) is 15.2. The van der Waals surface area contributed by atoms with Crippen LogP contribution in [0.4, 0.5) is 0 Å². The van der Waals surface area contributed by atoms with Gasteiger partial charge in [-0.2, -0.15) is 0 Å². The maximum absolute atomic E-state index is 12.0. The lowest BCUT2D eigenvalue weighted by atomic mass is 9.98. The molecular formula is C14H18ClNO4. The number of hydrogen-bond donors (Lipinski definition) is 2. The third kappa shape index (κ3) is 5.19. The van der Waals surface area contributed by atoms with Crippen molar-refractivity contribution in [1.82, 2.24) is 5.32 Å². The summed E-state index contributed by atoms with van der Waals surface area (Å²) in [6, 6.07) is 7.03. The maximum Gasteiger partial charge on any atom is 0.305 e. The highest BCUT2D eigenvalue weighted by Crippen LogP contribution is 2.16. The van der Waals surface area contributed by atoms with Crippen LogP contribution in [0, 0.1) is 0 Å². The smallest absolute Gasteiger partial charge is 0.305 e. The van der Waals surface area contributed by atoms with Crippen LogP contribution in [0.15, 0.2) is 24.3 Å². The molecule has 0 spiro atoms. The second-order valence-electron chi connectivity index (χ2n) is 4.88. The Balaban J connectivity index is 2.71. The molecule has 0 aliphatic rings.